The summed E-state index contributed by atoms with van der Waals surface area (Å²) in [6.07, 6.45) is 2.03. The first kappa shape index (κ1) is 24.4. The molecule has 2 aromatic rings. The highest BCUT2D eigenvalue weighted by molar-refractivity contribution is 7.89. The maximum Gasteiger partial charge on any atom is 0.243 e. The highest BCUT2D eigenvalue weighted by Gasteiger charge is 2.38. The van der Waals surface area contributed by atoms with E-state index in [2.05, 4.69) is 22.3 Å². The molecule has 2 aliphatic rings. The third-order valence-corrected chi connectivity index (χ3v) is 8.36. The smallest absolute Gasteiger partial charge is 0.243 e. The number of benzene rings is 2. The summed E-state index contributed by atoms with van der Waals surface area (Å²) in [5, 5.41) is 2.95. The third kappa shape index (κ3) is 5.16. The van der Waals surface area contributed by atoms with Crippen LogP contribution in [0.1, 0.15) is 30.9 Å². The van der Waals surface area contributed by atoms with Crippen LogP contribution in [0.15, 0.2) is 53.4 Å². The number of nitrogens with one attached hydrogen (secondary N) is 1. The Morgan fingerprint density at radius 3 is 2.47 bits per heavy atom. The van der Waals surface area contributed by atoms with Gasteiger partial charge in [0.15, 0.2) is 0 Å². The zero-order valence-electron chi connectivity index (χ0n) is 19.7. The Kier molecular flexibility index (Phi) is 7.35. The van der Waals surface area contributed by atoms with Crippen LogP contribution in [0, 0.1) is 0 Å². The van der Waals surface area contributed by atoms with Gasteiger partial charge in [-0.1, -0.05) is 30.3 Å². The summed E-state index contributed by atoms with van der Waals surface area (Å²) in [5.74, 6) is -0.473. The molecule has 34 heavy (non-hydrogen) atoms. The van der Waals surface area contributed by atoms with Gasteiger partial charge in [0.2, 0.25) is 21.8 Å². The summed E-state index contributed by atoms with van der Waals surface area (Å²) in [4.78, 5) is 29.2. The van der Waals surface area contributed by atoms with Crippen molar-refractivity contribution in [3.8, 4) is 0 Å². The maximum atomic E-state index is 13.0. The van der Waals surface area contributed by atoms with Crippen molar-refractivity contribution in [3.05, 3.63) is 59.7 Å². The fourth-order valence-corrected chi connectivity index (χ4v) is 6.30. The summed E-state index contributed by atoms with van der Waals surface area (Å²) in [6, 6.07) is 14.2. The van der Waals surface area contributed by atoms with Gasteiger partial charge < -0.3 is 10.2 Å². The first-order valence-electron chi connectivity index (χ1n) is 11.7. The van der Waals surface area contributed by atoms with E-state index in [1.54, 1.807) is 18.2 Å². The fraction of sp³-hybridized carbons (Fsp3) is 0.440. The van der Waals surface area contributed by atoms with Crippen molar-refractivity contribution in [1.82, 2.24) is 14.5 Å². The minimum absolute atomic E-state index is 0.222. The first-order valence-corrected chi connectivity index (χ1v) is 13.1. The van der Waals surface area contributed by atoms with Crippen LogP contribution in [0.4, 0.5) is 5.69 Å². The molecule has 182 valence electrons. The highest BCUT2D eigenvalue weighted by Crippen LogP contribution is 2.35. The lowest BCUT2D eigenvalue weighted by atomic mass is 10.1. The van der Waals surface area contributed by atoms with Gasteiger partial charge in [-0.15, -0.1) is 0 Å². The van der Waals surface area contributed by atoms with Gasteiger partial charge in [0.25, 0.3) is 0 Å². The fourth-order valence-electron chi connectivity index (χ4n) is 4.73. The molecule has 2 heterocycles. The molecule has 0 radical (unpaired) electrons. The molecule has 9 heteroatoms. The van der Waals surface area contributed by atoms with Crippen molar-refractivity contribution in [2.45, 2.75) is 43.7 Å². The monoisotopic (exact) mass is 484 g/mol. The van der Waals surface area contributed by atoms with Crippen LogP contribution < -0.4 is 10.2 Å². The molecule has 1 N–H and O–H groups in total. The minimum Gasteiger partial charge on any atom is -0.353 e. The Morgan fingerprint density at radius 2 is 1.79 bits per heavy atom. The van der Waals surface area contributed by atoms with Gasteiger partial charge in [-0.2, -0.15) is 4.31 Å². The molecule has 4 rings (SSSR count). The van der Waals surface area contributed by atoms with Gasteiger partial charge in [0, 0.05) is 51.8 Å². The first-order chi connectivity index (χ1) is 16.3. The molecule has 0 unspecified atom stereocenters. The number of carbonyl (C=O) groups is 2. The predicted octanol–water partition coefficient (Wildman–Crippen LogP) is 2.00. The average Bonchev–Trinajstić information content (AvgIpc) is 3.48. The van der Waals surface area contributed by atoms with Crippen LogP contribution >= 0.6 is 0 Å². The van der Waals surface area contributed by atoms with Crippen molar-refractivity contribution in [3.63, 3.8) is 0 Å². The van der Waals surface area contributed by atoms with Crippen LogP contribution in [0.5, 0.6) is 0 Å². The molecule has 8 nitrogen and oxygen atoms in total. The lowest BCUT2D eigenvalue weighted by molar-refractivity contribution is -0.125. The van der Waals surface area contributed by atoms with Gasteiger partial charge in [-0.25, -0.2) is 8.42 Å². The Labute approximate surface area is 201 Å². The molecule has 0 aliphatic carbocycles. The lowest BCUT2D eigenvalue weighted by Crippen LogP contribution is -2.48. The standard InChI is InChI=1S/C25H32N4O4S/c1-19(30)29-23-11-10-22(34(32,33)28-13-6-7-14-28)16-21(23)17-24(29)25(31)26-12-15-27(2)18-20-8-4-3-5-9-20/h3-5,8-11,16,24H,6-7,12-15,17-18H2,1-2H3,(H,26,31)/t24-/m0/s1. The van der Waals surface area contributed by atoms with Crippen LogP contribution in [0.25, 0.3) is 0 Å². The minimum atomic E-state index is -3.56. The molecule has 0 bridgehead atoms. The molecule has 2 aliphatic heterocycles. The van der Waals surface area contributed by atoms with E-state index in [1.807, 2.05) is 25.2 Å². The van der Waals surface area contributed by atoms with Crippen molar-refractivity contribution < 1.29 is 18.0 Å². The van der Waals surface area contributed by atoms with E-state index in [9.17, 15) is 18.0 Å². The van der Waals surface area contributed by atoms with Crippen molar-refractivity contribution in [1.29, 1.82) is 0 Å². The van der Waals surface area contributed by atoms with Crippen LogP contribution in [0.3, 0.4) is 0 Å². The van der Waals surface area contributed by atoms with E-state index >= 15 is 0 Å². The topological polar surface area (TPSA) is 90.0 Å². The second kappa shape index (κ2) is 10.2. The summed E-state index contributed by atoms with van der Waals surface area (Å²) in [7, 11) is -1.57. The summed E-state index contributed by atoms with van der Waals surface area (Å²) >= 11 is 0. The zero-order chi connectivity index (χ0) is 24.3. The van der Waals surface area contributed by atoms with Crippen molar-refractivity contribution >= 4 is 27.5 Å². The van der Waals surface area contributed by atoms with Gasteiger partial charge in [-0.05, 0) is 49.2 Å². The molecule has 0 aromatic heterocycles. The average molecular weight is 485 g/mol. The number of rotatable bonds is 8. The molecule has 2 aromatic carbocycles. The van der Waals surface area contributed by atoms with E-state index in [1.165, 1.54) is 21.7 Å². The Balaban J connectivity index is 1.41. The normalized spacial score (nSPS) is 18.3. The largest absolute Gasteiger partial charge is 0.353 e. The molecule has 1 saturated heterocycles. The number of likely N-dealkylation sites (N-methyl/N-ethyl adjacent to an activating group) is 1. The lowest BCUT2D eigenvalue weighted by Gasteiger charge is -2.24. The molecule has 1 atom stereocenters. The van der Waals surface area contributed by atoms with E-state index in [0.717, 1.165) is 19.4 Å². The molecular weight excluding hydrogens is 452 g/mol. The van der Waals surface area contributed by atoms with E-state index in [0.29, 0.717) is 43.9 Å². The number of nitrogens with zero attached hydrogens (tertiary/aromatic N) is 3. The summed E-state index contributed by atoms with van der Waals surface area (Å²) in [5.41, 5.74) is 2.51. The second-order valence-electron chi connectivity index (χ2n) is 9.03. The van der Waals surface area contributed by atoms with Gasteiger partial charge in [0.1, 0.15) is 6.04 Å². The van der Waals surface area contributed by atoms with Crippen LogP contribution in [0.2, 0.25) is 0 Å². The molecule has 2 amide bonds. The maximum absolute atomic E-state index is 13.0. The Morgan fingerprint density at radius 1 is 1.09 bits per heavy atom. The zero-order valence-corrected chi connectivity index (χ0v) is 20.6. The quantitative estimate of drug-likeness (QED) is 0.619. The summed E-state index contributed by atoms with van der Waals surface area (Å²) < 4.78 is 27.4. The SMILES string of the molecule is CC(=O)N1c2ccc(S(=O)(=O)N3CCCC3)cc2C[C@H]1C(=O)NCCN(C)Cc1ccccc1. The molecule has 0 saturated carbocycles. The number of amides is 2. The van der Waals surface area contributed by atoms with Gasteiger partial charge in [0.05, 0.1) is 4.90 Å². The Hall–Kier alpha value is -2.75. The highest BCUT2D eigenvalue weighted by atomic mass is 32.2. The van der Waals surface area contributed by atoms with Crippen LogP contribution in [-0.4, -0.2) is 68.7 Å². The number of fused-ring (bicyclic) bond motifs is 1. The third-order valence-electron chi connectivity index (χ3n) is 6.47. The van der Waals surface area contributed by atoms with Crippen LogP contribution in [-0.2, 0) is 32.6 Å². The van der Waals surface area contributed by atoms with Gasteiger partial charge in [-0.3, -0.25) is 14.5 Å². The molecule has 1 fully saturated rings. The van der Waals surface area contributed by atoms with Gasteiger partial charge >= 0.3 is 0 Å². The number of sulfonamides is 1. The number of hydrogen-bond acceptors (Lipinski definition) is 5. The second-order valence-corrected chi connectivity index (χ2v) is 11.0. The van der Waals surface area contributed by atoms with E-state index in [-0.39, 0.29) is 16.7 Å². The molecular formula is C25H32N4O4S. The predicted molar refractivity (Wildman–Crippen MR) is 131 cm³/mol. The number of hydrogen-bond donors (Lipinski definition) is 1. The van der Waals surface area contributed by atoms with Crippen molar-refractivity contribution in [2.75, 3.05) is 38.1 Å². The Bertz CT molecular complexity index is 1150. The van der Waals surface area contributed by atoms with E-state index in [4.69, 9.17) is 0 Å². The summed E-state index contributed by atoms with van der Waals surface area (Å²) in [6.45, 7) is 4.39. The van der Waals surface area contributed by atoms with E-state index < -0.39 is 16.1 Å². The number of carbonyl (C=O) groups excluding carboxylic acids is 2. The van der Waals surface area contributed by atoms with Crippen molar-refractivity contribution in [2.24, 2.45) is 0 Å². The molecule has 0 spiro atoms. The number of anilines is 1.